The van der Waals surface area contributed by atoms with Gasteiger partial charge in [0.25, 0.3) is 0 Å². The van der Waals surface area contributed by atoms with Crippen LogP contribution in [0.4, 0.5) is 28.8 Å². The van der Waals surface area contributed by atoms with Crippen LogP contribution in [0.5, 0.6) is 0 Å². The zero-order valence-corrected chi connectivity index (χ0v) is 14.6. The summed E-state index contributed by atoms with van der Waals surface area (Å²) in [5.74, 6) is 0.657. The van der Waals surface area contributed by atoms with Gasteiger partial charge in [-0.1, -0.05) is 29.8 Å². The number of nitrogens with zero attached hydrogens (tertiary/aromatic N) is 5. The number of aromatic nitrogens is 3. The SMILES string of the molecule is CCN(c1ccccc1)c1ncnc(Nc2ccc(Cl)cn2)c1[N+](=O)[O-]. The molecule has 9 heteroatoms. The maximum absolute atomic E-state index is 11.8. The first kappa shape index (κ1) is 17.6. The monoisotopic (exact) mass is 370 g/mol. The number of hydrogen-bond acceptors (Lipinski definition) is 7. The van der Waals surface area contributed by atoms with Gasteiger partial charge >= 0.3 is 5.69 Å². The molecule has 0 spiro atoms. The fourth-order valence-electron chi connectivity index (χ4n) is 2.46. The summed E-state index contributed by atoms with van der Waals surface area (Å²) in [5, 5.41) is 15.1. The lowest BCUT2D eigenvalue weighted by Crippen LogP contribution is -2.19. The molecule has 0 saturated carbocycles. The van der Waals surface area contributed by atoms with E-state index in [1.54, 1.807) is 17.0 Å². The molecule has 1 aromatic carbocycles. The number of benzene rings is 1. The van der Waals surface area contributed by atoms with Gasteiger partial charge in [0, 0.05) is 18.4 Å². The number of hydrogen-bond donors (Lipinski definition) is 1. The van der Waals surface area contributed by atoms with Gasteiger partial charge < -0.3 is 10.2 Å². The number of nitrogens with one attached hydrogen (secondary N) is 1. The molecule has 3 aromatic rings. The molecule has 2 heterocycles. The van der Waals surface area contributed by atoms with E-state index >= 15 is 0 Å². The van der Waals surface area contributed by atoms with Gasteiger partial charge in [0.05, 0.1) is 9.95 Å². The van der Waals surface area contributed by atoms with Gasteiger partial charge in [0.2, 0.25) is 11.6 Å². The number of para-hydroxylation sites is 1. The Balaban J connectivity index is 2.06. The second kappa shape index (κ2) is 7.75. The van der Waals surface area contributed by atoms with Crippen molar-refractivity contribution >= 4 is 40.4 Å². The van der Waals surface area contributed by atoms with E-state index in [-0.39, 0.29) is 17.3 Å². The van der Waals surface area contributed by atoms with Crippen molar-refractivity contribution in [3.63, 3.8) is 0 Å². The summed E-state index contributed by atoms with van der Waals surface area (Å²) in [6.45, 7) is 2.40. The van der Waals surface area contributed by atoms with Crippen molar-refractivity contribution in [1.82, 2.24) is 15.0 Å². The lowest BCUT2D eigenvalue weighted by Gasteiger charge is -2.22. The molecule has 0 aliphatic carbocycles. The molecule has 0 fully saturated rings. The van der Waals surface area contributed by atoms with Crippen molar-refractivity contribution < 1.29 is 4.92 Å². The highest BCUT2D eigenvalue weighted by atomic mass is 35.5. The Kier molecular flexibility index (Phi) is 5.23. The van der Waals surface area contributed by atoms with Crippen molar-refractivity contribution in [2.24, 2.45) is 0 Å². The summed E-state index contributed by atoms with van der Waals surface area (Å²) >= 11 is 5.82. The van der Waals surface area contributed by atoms with Gasteiger partial charge in [-0.05, 0) is 31.2 Å². The standard InChI is InChI=1S/C17H15ClN6O2/c1-2-23(13-6-4-3-5-7-13)17-15(24(25)26)16(20-11-21-17)22-14-9-8-12(18)10-19-14/h3-11H,2H2,1H3,(H,19,20,21,22). The molecule has 0 unspecified atom stereocenters. The first-order valence-corrected chi connectivity index (χ1v) is 8.18. The third kappa shape index (κ3) is 3.70. The van der Waals surface area contributed by atoms with Crippen LogP contribution in [0.3, 0.4) is 0 Å². The van der Waals surface area contributed by atoms with Crippen LogP contribution >= 0.6 is 11.6 Å². The Labute approximate surface area is 154 Å². The quantitative estimate of drug-likeness (QED) is 0.509. The molecule has 0 aliphatic rings. The average Bonchev–Trinajstić information content (AvgIpc) is 2.65. The van der Waals surface area contributed by atoms with E-state index in [2.05, 4.69) is 20.3 Å². The molecule has 8 nitrogen and oxygen atoms in total. The van der Waals surface area contributed by atoms with Gasteiger partial charge in [-0.25, -0.2) is 15.0 Å². The zero-order valence-electron chi connectivity index (χ0n) is 13.8. The van der Waals surface area contributed by atoms with Gasteiger partial charge in [0.15, 0.2) is 0 Å². The second-order valence-corrected chi connectivity index (χ2v) is 5.65. The molecule has 0 aliphatic heterocycles. The molecule has 3 rings (SSSR count). The Bertz CT molecular complexity index is 905. The Hall–Kier alpha value is -3.26. The van der Waals surface area contributed by atoms with Crippen molar-refractivity contribution in [2.45, 2.75) is 6.92 Å². The van der Waals surface area contributed by atoms with Crippen LogP contribution in [0.25, 0.3) is 0 Å². The lowest BCUT2D eigenvalue weighted by atomic mass is 10.2. The minimum absolute atomic E-state index is 0.0594. The van der Waals surface area contributed by atoms with Crippen LogP contribution < -0.4 is 10.2 Å². The highest BCUT2D eigenvalue weighted by Gasteiger charge is 2.27. The first-order valence-electron chi connectivity index (χ1n) is 7.80. The predicted octanol–water partition coefficient (Wildman–Crippen LogP) is 4.33. The maximum Gasteiger partial charge on any atom is 0.354 e. The number of rotatable bonds is 6. The summed E-state index contributed by atoms with van der Waals surface area (Å²) in [6.07, 6.45) is 2.73. The largest absolute Gasteiger partial charge is 0.354 e. The smallest absolute Gasteiger partial charge is 0.321 e. The summed E-state index contributed by atoms with van der Waals surface area (Å²) in [6, 6.07) is 12.6. The number of pyridine rings is 1. The normalized spacial score (nSPS) is 10.4. The summed E-state index contributed by atoms with van der Waals surface area (Å²) in [7, 11) is 0. The van der Waals surface area contributed by atoms with E-state index in [9.17, 15) is 10.1 Å². The number of anilines is 4. The molecule has 0 atom stereocenters. The molecule has 26 heavy (non-hydrogen) atoms. The highest BCUT2D eigenvalue weighted by molar-refractivity contribution is 6.30. The molecular weight excluding hydrogens is 356 g/mol. The Morgan fingerprint density at radius 3 is 2.54 bits per heavy atom. The second-order valence-electron chi connectivity index (χ2n) is 5.22. The van der Waals surface area contributed by atoms with Gasteiger partial charge in [-0.15, -0.1) is 0 Å². The van der Waals surface area contributed by atoms with Crippen LogP contribution in [0, 0.1) is 10.1 Å². The molecule has 1 N–H and O–H groups in total. The Morgan fingerprint density at radius 1 is 1.15 bits per heavy atom. The zero-order chi connectivity index (χ0) is 18.5. The minimum Gasteiger partial charge on any atom is -0.321 e. The molecular formula is C17H15ClN6O2. The fraction of sp³-hybridized carbons (Fsp3) is 0.118. The van der Waals surface area contributed by atoms with Crippen molar-refractivity contribution in [1.29, 1.82) is 0 Å². The van der Waals surface area contributed by atoms with Crippen molar-refractivity contribution in [3.05, 3.63) is 70.1 Å². The summed E-state index contributed by atoms with van der Waals surface area (Å²) < 4.78 is 0. The van der Waals surface area contributed by atoms with Crippen LogP contribution in [0.2, 0.25) is 5.02 Å². The molecule has 132 valence electrons. The first-order chi connectivity index (χ1) is 12.6. The number of halogens is 1. The van der Waals surface area contributed by atoms with Crippen molar-refractivity contribution in [3.8, 4) is 0 Å². The molecule has 0 amide bonds. The van der Waals surface area contributed by atoms with E-state index in [1.165, 1.54) is 12.5 Å². The van der Waals surface area contributed by atoms with E-state index in [4.69, 9.17) is 11.6 Å². The summed E-state index contributed by atoms with van der Waals surface area (Å²) in [5.41, 5.74) is 0.572. The summed E-state index contributed by atoms with van der Waals surface area (Å²) in [4.78, 5) is 25.3. The molecule has 0 bridgehead atoms. The topological polar surface area (TPSA) is 97.1 Å². The molecule has 0 radical (unpaired) electrons. The Morgan fingerprint density at radius 2 is 1.92 bits per heavy atom. The average molecular weight is 371 g/mol. The van der Waals surface area contributed by atoms with E-state index in [0.29, 0.717) is 17.4 Å². The van der Waals surface area contributed by atoms with Gasteiger partial charge in [-0.3, -0.25) is 10.1 Å². The maximum atomic E-state index is 11.8. The molecule has 2 aromatic heterocycles. The molecule has 0 saturated heterocycles. The van der Waals surface area contributed by atoms with Crippen LogP contribution in [-0.4, -0.2) is 26.4 Å². The third-order valence-electron chi connectivity index (χ3n) is 3.60. The van der Waals surface area contributed by atoms with Gasteiger partial charge in [-0.2, -0.15) is 0 Å². The van der Waals surface area contributed by atoms with Gasteiger partial charge in [0.1, 0.15) is 12.1 Å². The van der Waals surface area contributed by atoms with E-state index < -0.39 is 4.92 Å². The van der Waals surface area contributed by atoms with Crippen molar-refractivity contribution in [2.75, 3.05) is 16.8 Å². The van der Waals surface area contributed by atoms with Crippen LogP contribution in [-0.2, 0) is 0 Å². The lowest BCUT2D eigenvalue weighted by molar-refractivity contribution is -0.383. The third-order valence-corrected chi connectivity index (χ3v) is 3.82. The number of nitro groups is 1. The van der Waals surface area contributed by atoms with Crippen LogP contribution in [0.1, 0.15) is 6.92 Å². The fourth-order valence-corrected chi connectivity index (χ4v) is 2.57. The van der Waals surface area contributed by atoms with Crippen LogP contribution in [0.15, 0.2) is 55.0 Å². The highest BCUT2D eigenvalue weighted by Crippen LogP contribution is 2.36. The minimum atomic E-state index is -0.501. The van der Waals surface area contributed by atoms with E-state index in [1.807, 2.05) is 37.3 Å². The predicted molar refractivity (Wildman–Crippen MR) is 100 cm³/mol. The van der Waals surface area contributed by atoms with E-state index in [0.717, 1.165) is 5.69 Å².